The first kappa shape index (κ1) is 11.1. The van der Waals surface area contributed by atoms with Crippen LogP contribution in [0.25, 0.3) is 11.1 Å². The first-order chi connectivity index (χ1) is 8.22. The third-order valence-electron chi connectivity index (χ3n) is 2.42. The van der Waals surface area contributed by atoms with Crippen molar-refractivity contribution in [1.29, 1.82) is 5.26 Å². The summed E-state index contributed by atoms with van der Waals surface area (Å²) in [5.74, 6) is -0.376. The van der Waals surface area contributed by atoms with Crippen LogP contribution in [0.5, 0.6) is 0 Å². The van der Waals surface area contributed by atoms with Gasteiger partial charge in [0.05, 0.1) is 12.5 Å². The molecule has 2 rings (SSSR count). The van der Waals surface area contributed by atoms with Crippen molar-refractivity contribution in [1.82, 2.24) is 4.98 Å². The van der Waals surface area contributed by atoms with E-state index in [-0.39, 0.29) is 17.8 Å². The van der Waals surface area contributed by atoms with Crippen molar-refractivity contribution >= 4 is 0 Å². The molecule has 2 aromatic rings. The smallest absolute Gasteiger partial charge is 0.248 e. The van der Waals surface area contributed by atoms with E-state index in [4.69, 9.17) is 5.26 Å². The van der Waals surface area contributed by atoms with Gasteiger partial charge >= 0.3 is 0 Å². The van der Waals surface area contributed by atoms with Gasteiger partial charge in [-0.05, 0) is 12.1 Å². The van der Waals surface area contributed by atoms with Crippen molar-refractivity contribution in [3.63, 3.8) is 0 Å². The van der Waals surface area contributed by atoms with E-state index in [1.54, 1.807) is 18.2 Å². The van der Waals surface area contributed by atoms with Gasteiger partial charge in [-0.3, -0.25) is 4.79 Å². The topological polar surface area (TPSA) is 56.6 Å². The maximum atomic E-state index is 13.6. The summed E-state index contributed by atoms with van der Waals surface area (Å²) >= 11 is 0. The number of nitrogens with zero attached hydrogens (tertiary/aromatic N) is 1. The maximum absolute atomic E-state index is 13.6. The lowest BCUT2D eigenvalue weighted by Gasteiger charge is -2.07. The Morgan fingerprint density at radius 3 is 2.65 bits per heavy atom. The molecule has 0 aliphatic heterocycles. The van der Waals surface area contributed by atoms with Gasteiger partial charge in [-0.25, -0.2) is 4.39 Å². The van der Waals surface area contributed by atoms with Crippen LogP contribution >= 0.6 is 0 Å². The Kier molecular flexibility index (Phi) is 3.01. The Balaban J connectivity index is 2.64. The van der Waals surface area contributed by atoms with E-state index in [1.165, 1.54) is 18.2 Å². The predicted octanol–water partition coefficient (Wildman–Crippen LogP) is 2.25. The molecule has 0 bridgehead atoms. The summed E-state index contributed by atoms with van der Waals surface area (Å²) in [5, 5.41) is 8.69. The van der Waals surface area contributed by atoms with Gasteiger partial charge in [0.15, 0.2) is 0 Å². The third kappa shape index (κ3) is 2.23. The molecule has 17 heavy (non-hydrogen) atoms. The second-order valence-electron chi connectivity index (χ2n) is 3.53. The number of H-pyrrole nitrogens is 1. The molecule has 1 aromatic carbocycles. The number of nitrogens with one attached hydrogen (secondary N) is 1. The van der Waals surface area contributed by atoms with Crippen molar-refractivity contribution in [2.45, 2.75) is 6.42 Å². The molecule has 1 heterocycles. The van der Waals surface area contributed by atoms with E-state index in [0.717, 1.165) is 0 Å². The quantitative estimate of drug-likeness (QED) is 0.857. The highest BCUT2D eigenvalue weighted by Crippen LogP contribution is 2.24. The number of pyridine rings is 1. The number of halogens is 1. The molecule has 3 nitrogen and oxygen atoms in total. The van der Waals surface area contributed by atoms with Crippen LogP contribution in [0.1, 0.15) is 5.69 Å². The largest absolute Gasteiger partial charge is 0.325 e. The fraction of sp³-hybridized carbons (Fsp3) is 0.0769. The Morgan fingerprint density at radius 1 is 1.18 bits per heavy atom. The van der Waals surface area contributed by atoms with Gasteiger partial charge in [0.25, 0.3) is 0 Å². The number of aromatic amines is 1. The van der Waals surface area contributed by atoms with Crippen molar-refractivity contribution in [3.05, 3.63) is 58.3 Å². The Morgan fingerprint density at radius 2 is 1.94 bits per heavy atom. The zero-order chi connectivity index (χ0) is 12.3. The second kappa shape index (κ2) is 4.62. The number of aromatic nitrogens is 1. The Labute approximate surface area is 97.2 Å². The third-order valence-corrected chi connectivity index (χ3v) is 2.42. The van der Waals surface area contributed by atoms with Gasteiger partial charge in [-0.1, -0.05) is 18.2 Å². The van der Waals surface area contributed by atoms with Crippen molar-refractivity contribution in [2.75, 3.05) is 0 Å². The van der Waals surface area contributed by atoms with E-state index in [1.807, 2.05) is 6.07 Å². The molecule has 0 aliphatic carbocycles. The number of hydrogen-bond acceptors (Lipinski definition) is 2. The van der Waals surface area contributed by atoms with Gasteiger partial charge in [0, 0.05) is 22.9 Å². The van der Waals surface area contributed by atoms with Crippen LogP contribution in [0.3, 0.4) is 0 Å². The van der Waals surface area contributed by atoms with Crippen LogP contribution < -0.4 is 5.56 Å². The van der Waals surface area contributed by atoms with Crippen LogP contribution in [0.15, 0.2) is 41.2 Å². The molecule has 1 aromatic heterocycles. The van der Waals surface area contributed by atoms with Gasteiger partial charge in [-0.15, -0.1) is 0 Å². The molecule has 0 amide bonds. The molecule has 0 fully saturated rings. The number of benzene rings is 1. The molecule has 0 aliphatic rings. The Bertz CT molecular complexity index is 640. The highest BCUT2D eigenvalue weighted by Gasteiger charge is 2.09. The average molecular weight is 228 g/mol. The molecular weight excluding hydrogens is 219 g/mol. The van der Waals surface area contributed by atoms with Crippen molar-refractivity contribution in [2.24, 2.45) is 0 Å². The fourth-order valence-corrected chi connectivity index (χ4v) is 1.67. The summed E-state index contributed by atoms with van der Waals surface area (Å²) in [7, 11) is 0. The molecule has 0 atom stereocenters. The monoisotopic (exact) mass is 228 g/mol. The number of rotatable bonds is 2. The second-order valence-corrected chi connectivity index (χ2v) is 3.53. The van der Waals surface area contributed by atoms with Crippen LogP contribution in [0, 0.1) is 17.1 Å². The minimum Gasteiger partial charge on any atom is -0.325 e. The van der Waals surface area contributed by atoms with E-state index in [2.05, 4.69) is 4.98 Å². The molecule has 0 saturated carbocycles. The van der Waals surface area contributed by atoms with E-state index >= 15 is 0 Å². The SMILES string of the molecule is N#CCc1[nH]c(=O)ccc1-c1ccccc1F. The van der Waals surface area contributed by atoms with E-state index < -0.39 is 0 Å². The van der Waals surface area contributed by atoms with Crippen molar-refractivity contribution in [3.8, 4) is 17.2 Å². The fourth-order valence-electron chi connectivity index (χ4n) is 1.67. The summed E-state index contributed by atoms with van der Waals surface area (Å²) < 4.78 is 13.6. The molecule has 4 heteroatoms. The first-order valence-corrected chi connectivity index (χ1v) is 5.06. The van der Waals surface area contributed by atoms with Gasteiger partial charge in [-0.2, -0.15) is 5.26 Å². The zero-order valence-electron chi connectivity index (χ0n) is 8.90. The van der Waals surface area contributed by atoms with Gasteiger partial charge in [0.1, 0.15) is 5.82 Å². The van der Waals surface area contributed by atoms with Gasteiger partial charge < -0.3 is 4.98 Å². The van der Waals surface area contributed by atoms with Crippen molar-refractivity contribution < 1.29 is 4.39 Å². The molecule has 0 saturated heterocycles. The normalized spacial score (nSPS) is 9.88. The van der Waals surface area contributed by atoms with Crippen LogP contribution in [-0.4, -0.2) is 4.98 Å². The average Bonchev–Trinajstić information content (AvgIpc) is 2.31. The summed E-state index contributed by atoms with van der Waals surface area (Å²) in [5.41, 5.74) is 1.07. The summed E-state index contributed by atoms with van der Waals surface area (Å²) in [6.07, 6.45) is 0.0414. The highest BCUT2D eigenvalue weighted by atomic mass is 19.1. The molecule has 0 unspecified atom stereocenters. The standard InChI is InChI=1S/C13H9FN2O/c14-11-4-2-1-3-9(11)10-5-6-13(17)16-12(10)7-8-15/h1-6H,7H2,(H,16,17). The van der Waals surface area contributed by atoms with Crippen LogP contribution in [0.4, 0.5) is 4.39 Å². The summed E-state index contributed by atoms with van der Waals surface area (Å²) in [6.45, 7) is 0. The minimum absolute atomic E-state index is 0.0414. The number of nitriles is 1. The molecule has 1 N–H and O–H groups in total. The van der Waals surface area contributed by atoms with E-state index in [0.29, 0.717) is 16.8 Å². The minimum atomic E-state index is -0.376. The van der Waals surface area contributed by atoms with E-state index in [9.17, 15) is 9.18 Å². The lowest BCUT2D eigenvalue weighted by molar-refractivity contribution is 0.631. The van der Waals surface area contributed by atoms with Gasteiger partial charge in [0.2, 0.25) is 5.56 Å². The summed E-state index contributed by atoms with van der Waals surface area (Å²) in [6, 6.07) is 11.1. The predicted molar refractivity (Wildman–Crippen MR) is 61.8 cm³/mol. The summed E-state index contributed by atoms with van der Waals surface area (Å²) in [4.78, 5) is 13.7. The maximum Gasteiger partial charge on any atom is 0.248 e. The van der Waals surface area contributed by atoms with Crippen LogP contribution in [0.2, 0.25) is 0 Å². The lowest BCUT2D eigenvalue weighted by atomic mass is 10.0. The highest BCUT2D eigenvalue weighted by molar-refractivity contribution is 5.66. The first-order valence-electron chi connectivity index (χ1n) is 5.06. The molecule has 0 spiro atoms. The lowest BCUT2D eigenvalue weighted by Crippen LogP contribution is -2.08. The Hall–Kier alpha value is -2.41. The molecule has 84 valence electrons. The molecule has 0 radical (unpaired) electrons. The van der Waals surface area contributed by atoms with Crippen LogP contribution in [-0.2, 0) is 6.42 Å². The molecular formula is C13H9FN2O. The number of hydrogen-bond donors (Lipinski definition) is 1. The zero-order valence-corrected chi connectivity index (χ0v) is 8.90.